The quantitative estimate of drug-likeness (QED) is 0.381. The lowest BCUT2D eigenvalue weighted by Gasteiger charge is -2.34. The van der Waals surface area contributed by atoms with Crippen LogP contribution in [0.4, 0.5) is 5.82 Å². The van der Waals surface area contributed by atoms with Crippen molar-refractivity contribution in [1.29, 1.82) is 0 Å². The largest absolute Gasteiger partial charge is 0.469 e. The van der Waals surface area contributed by atoms with E-state index in [0.29, 0.717) is 30.7 Å². The molecule has 0 bridgehead atoms. The van der Waals surface area contributed by atoms with Gasteiger partial charge >= 0.3 is 17.7 Å². The molecule has 0 amide bonds. The van der Waals surface area contributed by atoms with Crippen molar-refractivity contribution in [2.24, 2.45) is 0 Å². The maximum Gasteiger partial charge on any atom is 0.327 e. The first-order valence-electron chi connectivity index (χ1n) is 10.9. The van der Waals surface area contributed by atoms with E-state index in [1.165, 1.54) is 7.11 Å². The number of hydrogen-bond acceptors (Lipinski definition) is 9. The summed E-state index contributed by atoms with van der Waals surface area (Å²) in [5.41, 5.74) is 6.69. The highest BCUT2D eigenvalue weighted by Crippen LogP contribution is 2.18. The van der Waals surface area contributed by atoms with Crippen molar-refractivity contribution in [2.45, 2.75) is 39.2 Å². The van der Waals surface area contributed by atoms with Crippen LogP contribution in [0.2, 0.25) is 0 Å². The summed E-state index contributed by atoms with van der Waals surface area (Å²) in [4.78, 5) is 39.7. The molecule has 1 aliphatic heterocycles. The predicted octanol–water partition coefficient (Wildman–Crippen LogP) is 0.452. The minimum Gasteiger partial charge on any atom is -0.469 e. The van der Waals surface area contributed by atoms with Crippen molar-refractivity contribution >= 4 is 23.0 Å². The van der Waals surface area contributed by atoms with Crippen molar-refractivity contribution in [3.63, 3.8) is 0 Å². The van der Waals surface area contributed by atoms with Gasteiger partial charge in [0.05, 0.1) is 20.1 Å². The number of esters is 1. The summed E-state index contributed by atoms with van der Waals surface area (Å²) in [5.74, 6) is 0.0467. The van der Waals surface area contributed by atoms with Gasteiger partial charge in [-0.25, -0.2) is 4.79 Å². The molecular formula is C20H33N7O4. The van der Waals surface area contributed by atoms with Gasteiger partial charge in [-0.3, -0.25) is 9.36 Å². The van der Waals surface area contributed by atoms with Crippen molar-refractivity contribution in [2.75, 3.05) is 58.7 Å². The number of methoxy groups -OCH3 is 1. The Morgan fingerprint density at radius 1 is 1.10 bits per heavy atom. The van der Waals surface area contributed by atoms with Gasteiger partial charge < -0.3 is 30.0 Å². The second kappa shape index (κ2) is 11.1. The summed E-state index contributed by atoms with van der Waals surface area (Å²) < 4.78 is 11.9. The third-order valence-corrected chi connectivity index (χ3v) is 5.54. The topological polar surface area (TPSA) is 132 Å². The van der Waals surface area contributed by atoms with Crippen LogP contribution in [0.15, 0.2) is 4.79 Å². The van der Waals surface area contributed by atoms with Gasteiger partial charge in [-0.2, -0.15) is 9.97 Å². The molecule has 1 saturated heterocycles. The zero-order chi connectivity index (χ0) is 22.2. The molecule has 0 spiro atoms. The van der Waals surface area contributed by atoms with E-state index in [2.05, 4.69) is 31.7 Å². The number of ether oxygens (including phenoxy) is 2. The smallest absolute Gasteiger partial charge is 0.327 e. The Morgan fingerprint density at radius 2 is 1.81 bits per heavy atom. The second-order valence-corrected chi connectivity index (χ2v) is 7.74. The highest BCUT2D eigenvalue weighted by molar-refractivity contribution is 5.81. The molecule has 172 valence electrons. The number of unbranched alkanes of at least 4 members (excludes halogenated alkanes) is 1. The van der Waals surface area contributed by atoms with Gasteiger partial charge in [0.25, 0.3) is 0 Å². The highest BCUT2D eigenvalue weighted by Gasteiger charge is 2.18. The number of rotatable bonds is 11. The molecule has 3 rings (SSSR count). The van der Waals surface area contributed by atoms with Gasteiger partial charge in [0.15, 0.2) is 11.5 Å². The third kappa shape index (κ3) is 6.17. The number of nitrogen functional groups attached to an aromatic ring is 1. The number of aromatic nitrogens is 4. The van der Waals surface area contributed by atoms with Crippen molar-refractivity contribution in [3.8, 4) is 6.01 Å². The van der Waals surface area contributed by atoms with E-state index >= 15 is 0 Å². The molecule has 11 nitrogen and oxygen atoms in total. The van der Waals surface area contributed by atoms with Gasteiger partial charge in [-0.1, -0.05) is 13.3 Å². The molecule has 1 aliphatic rings. The van der Waals surface area contributed by atoms with Crippen molar-refractivity contribution in [3.05, 3.63) is 10.5 Å². The molecule has 3 heterocycles. The fourth-order valence-corrected chi connectivity index (χ4v) is 3.65. The normalized spacial score (nSPS) is 15.4. The van der Waals surface area contributed by atoms with E-state index in [4.69, 9.17) is 15.2 Å². The van der Waals surface area contributed by atoms with Gasteiger partial charge in [0.2, 0.25) is 0 Å². The number of anilines is 1. The SMILES string of the molecule is CCCCOc1nc(N)c2[nH]c(=O)n(CCCN3CCN(CCC(=O)OC)CC3)c2n1. The molecule has 3 N–H and O–H groups in total. The zero-order valence-electron chi connectivity index (χ0n) is 18.4. The summed E-state index contributed by atoms with van der Waals surface area (Å²) in [6, 6.07) is 0.203. The Kier molecular flexibility index (Phi) is 8.24. The molecule has 0 atom stereocenters. The van der Waals surface area contributed by atoms with Crippen LogP contribution in [-0.4, -0.2) is 88.3 Å². The molecule has 2 aromatic rings. The number of aromatic amines is 1. The van der Waals surface area contributed by atoms with Crippen molar-refractivity contribution in [1.82, 2.24) is 29.3 Å². The molecular weight excluding hydrogens is 402 g/mol. The summed E-state index contributed by atoms with van der Waals surface area (Å²) in [5, 5.41) is 0. The van der Waals surface area contributed by atoms with E-state index in [0.717, 1.165) is 58.5 Å². The highest BCUT2D eigenvalue weighted by atomic mass is 16.5. The summed E-state index contributed by atoms with van der Waals surface area (Å²) in [6.45, 7) is 8.46. The number of nitrogens with one attached hydrogen (secondary N) is 1. The lowest BCUT2D eigenvalue weighted by Crippen LogP contribution is -2.47. The van der Waals surface area contributed by atoms with E-state index in [-0.39, 0.29) is 23.5 Å². The number of carbonyl (C=O) groups is 1. The average molecular weight is 436 g/mol. The standard InChI is InChI=1S/C20H33N7O4/c1-3-4-14-31-19-23-17(21)16-18(24-19)27(20(29)22-16)8-5-7-25-10-12-26(13-11-25)9-6-15(28)30-2/h3-14H2,1-2H3,(H,22,29)(H2,21,23,24). The number of nitrogens with zero attached hydrogens (tertiary/aromatic N) is 5. The van der Waals surface area contributed by atoms with Crippen LogP contribution in [0.3, 0.4) is 0 Å². The first-order chi connectivity index (χ1) is 15.0. The molecule has 0 saturated carbocycles. The summed E-state index contributed by atoms with van der Waals surface area (Å²) >= 11 is 0. The van der Waals surface area contributed by atoms with Crippen LogP contribution in [0.1, 0.15) is 32.6 Å². The fourth-order valence-electron chi connectivity index (χ4n) is 3.65. The monoisotopic (exact) mass is 435 g/mol. The van der Waals surface area contributed by atoms with Crippen molar-refractivity contribution < 1.29 is 14.3 Å². The number of carbonyl (C=O) groups excluding carboxylic acids is 1. The lowest BCUT2D eigenvalue weighted by atomic mass is 10.2. The zero-order valence-corrected chi connectivity index (χ0v) is 18.4. The van der Waals surface area contributed by atoms with Crippen LogP contribution in [0.25, 0.3) is 11.2 Å². The summed E-state index contributed by atoms with van der Waals surface area (Å²) in [7, 11) is 1.42. The maximum absolute atomic E-state index is 12.4. The van der Waals surface area contributed by atoms with Gasteiger partial charge in [0.1, 0.15) is 5.52 Å². The Bertz CT molecular complexity index is 918. The molecule has 1 fully saturated rings. The second-order valence-electron chi connectivity index (χ2n) is 7.74. The van der Waals surface area contributed by atoms with Crippen LogP contribution < -0.4 is 16.2 Å². The maximum atomic E-state index is 12.4. The minimum absolute atomic E-state index is 0.171. The first kappa shape index (κ1) is 23.0. The number of imidazole rings is 1. The third-order valence-electron chi connectivity index (χ3n) is 5.54. The number of fused-ring (bicyclic) bond motifs is 1. The van der Waals surface area contributed by atoms with Gasteiger partial charge in [0, 0.05) is 39.3 Å². The van der Waals surface area contributed by atoms with Gasteiger partial charge in [-0.05, 0) is 19.4 Å². The molecule has 0 aliphatic carbocycles. The van der Waals surface area contributed by atoms with Crippen LogP contribution in [0.5, 0.6) is 6.01 Å². The molecule has 0 radical (unpaired) electrons. The Hall–Kier alpha value is -2.66. The Morgan fingerprint density at radius 3 is 2.48 bits per heavy atom. The number of piperazine rings is 1. The Balaban J connectivity index is 1.52. The van der Waals surface area contributed by atoms with Crippen LogP contribution >= 0.6 is 0 Å². The fraction of sp³-hybridized carbons (Fsp3) is 0.700. The molecule has 2 aromatic heterocycles. The van der Waals surface area contributed by atoms with E-state index in [1.807, 2.05) is 0 Å². The number of hydrogen-bond donors (Lipinski definition) is 2. The lowest BCUT2D eigenvalue weighted by molar-refractivity contribution is -0.141. The molecule has 11 heteroatoms. The molecule has 0 unspecified atom stereocenters. The van der Waals surface area contributed by atoms with E-state index < -0.39 is 0 Å². The summed E-state index contributed by atoms with van der Waals surface area (Å²) in [6.07, 6.45) is 3.14. The predicted molar refractivity (Wildman–Crippen MR) is 117 cm³/mol. The number of nitrogens with two attached hydrogens (primary N) is 1. The van der Waals surface area contributed by atoms with Gasteiger partial charge in [-0.15, -0.1) is 0 Å². The number of H-pyrrole nitrogens is 1. The Labute approximate surface area is 181 Å². The first-order valence-corrected chi connectivity index (χ1v) is 10.9. The molecule has 31 heavy (non-hydrogen) atoms. The van der Waals surface area contributed by atoms with Crippen LogP contribution in [0, 0.1) is 0 Å². The number of aryl methyl sites for hydroxylation is 1. The van der Waals surface area contributed by atoms with E-state index in [1.54, 1.807) is 4.57 Å². The van der Waals surface area contributed by atoms with E-state index in [9.17, 15) is 9.59 Å². The average Bonchev–Trinajstić information content (AvgIpc) is 3.09. The van der Waals surface area contributed by atoms with Crippen LogP contribution in [-0.2, 0) is 16.1 Å². The minimum atomic E-state index is -0.241. The molecule has 0 aromatic carbocycles.